The zero-order chi connectivity index (χ0) is 13.2. The summed E-state index contributed by atoms with van der Waals surface area (Å²) < 4.78 is 14.9. The molecule has 1 aromatic heterocycles. The van der Waals surface area contributed by atoms with Crippen molar-refractivity contribution in [2.75, 3.05) is 5.32 Å². The number of benzene rings is 2. The number of nitrogens with one attached hydrogen (secondary N) is 1. The van der Waals surface area contributed by atoms with Crippen LogP contribution in [0.1, 0.15) is 5.56 Å². The summed E-state index contributed by atoms with van der Waals surface area (Å²) >= 11 is 7.70. The summed E-state index contributed by atoms with van der Waals surface area (Å²) in [6.07, 6.45) is 0. The van der Waals surface area contributed by atoms with Crippen LogP contribution >= 0.6 is 22.9 Å². The zero-order valence-corrected chi connectivity index (χ0v) is 11.6. The molecule has 0 aliphatic carbocycles. The number of hydrogen-bond acceptors (Lipinski definition) is 2. The molecule has 96 valence electrons. The minimum atomic E-state index is -0.281. The molecule has 0 amide bonds. The number of rotatable bonds is 3. The lowest BCUT2D eigenvalue weighted by Crippen LogP contribution is -2.02. The molecule has 0 bridgehead atoms. The van der Waals surface area contributed by atoms with Gasteiger partial charge in [0.25, 0.3) is 0 Å². The van der Waals surface area contributed by atoms with Crippen molar-refractivity contribution in [3.8, 4) is 0 Å². The fourth-order valence-electron chi connectivity index (χ4n) is 1.97. The summed E-state index contributed by atoms with van der Waals surface area (Å²) in [4.78, 5) is 0. The highest BCUT2D eigenvalue weighted by Crippen LogP contribution is 2.25. The van der Waals surface area contributed by atoms with Crippen LogP contribution in [0.5, 0.6) is 0 Å². The van der Waals surface area contributed by atoms with E-state index in [1.807, 2.05) is 6.07 Å². The first-order valence-electron chi connectivity index (χ1n) is 5.88. The lowest BCUT2D eigenvalue weighted by atomic mass is 10.2. The highest BCUT2D eigenvalue weighted by atomic mass is 35.5. The van der Waals surface area contributed by atoms with E-state index in [2.05, 4.69) is 28.9 Å². The van der Waals surface area contributed by atoms with Gasteiger partial charge in [-0.15, -0.1) is 11.3 Å². The molecule has 1 nitrogen and oxygen atoms in total. The molecule has 0 atom stereocenters. The van der Waals surface area contributed by atoms with Crippen molar-refractivity contribution in [1.82, 2.24) is 0 Å². The van der Waals surface area contributed by atoms with Crippen LogP contribution in [0.4, 0.5) is 10.1 Å². The third-order valence-corrected chi connectivity index (χ3v) is 4.24. The van der Waals surface area contributed by atoms with Gasteiger partial charge >= 0.3 is 0 Å². The lowest BCUT2D eigenvalue weighted by Gasteiger charge is -2.09. The predicted molar refractivity (Wildman–Crippen MR) is 80.6 cm³/mol. The smallest absolute Gasteiger partial charge is 0.129 e. The lowest BCUT2D eigenvalue weighted by molar-refractivity contribution is 0.613. The Bertz CT molecular complexity index is 703. The second kappa shape index (κ2) is 5.19. The van der Waals surface area contributed by atoms with E-state index in [1.165, 1.54) is 16.2 Å². The van der Waals surface area contributed by atoms with Gasteiger partial charge in [0.15, 0.2) is 0 Å². The summed E-state index contributed by atoms with van der Waals surface area (Å²) in [7, 11) is 0. The zero-order valence-electron chi connectivity index (χ0n) is 9.99. The van der Waals surface area contributed by atoms with Gasteiger partial charge < -0.3 is 5.32 Å². The number of hydrogen-bond donors (Lipinski definition) is 1. The molecular formula is C15H11ClFNS. The summed E-state index contributed by atoms with van der Waals surface area (Å²) in [5, 5.41) is 6.90. The molecule has 0 radical (unpaired) electrons. The van der Waals surface area contributed by atoms with Gasteiger partial charge in [-0.3, -0.25) is 0 Å². The third-order valence-electron chi connectivity index (χ3n) is 2.98. The minimum Gasteiger partial charge on any atom is -0.381 e. The number of thiophene rings is 1. The molecule has 0 aliphatic rings. The molecule has 0 spiro atoms. The van der Waals surface area contributed by atoms with Gasteiger partial charge in [-0.2, -0.15) is 0 Å². The number of fused-ring (bicyclic) bond motifs is 1. The average Bonchev–Trinajstić information content (AvgIpc) is 2.85. The maximum atomic E-state index is 13.6. The highest BCUT2D eigenvalue weighted by molar-refractivity contribution is 7.17. The predicted octanol–water partition coefficient (Wildman–Crippen LogP) is 5.31. The molecule has 0 aliphatic heterocycles. The van der Waals surface area contributed by atoms with E-state index in [0.29, 0.717) is 17.1 Å². The van der Waals surface area contributed by atoms with Gasteiger partial charge in [-0.05, 0) is 47.2 Å². The van der Waals surface area contributed by atoms with Gasteiger partial charge in [-0.1, -0.05) is 17.7 Å². The normalized spacial score (nSPS) is 10.8. The largest absolute Gasteiger partial charge is 0.381 e. The van der Waals surface area contributed by atoms with Crippen LogP contribution in [-0.2, 0) is 6.54 Å². The molecule has 1 N–H and O–H groups in total. The van der Waals surface area contributed by atoms with Crippen molar-refractivity contribution >= 4 is 38.7 Å². The average molecular weight is 292 g/mol. The molecule has 0 saturated heterocycles. The number of anilines is 1. The van der Waals surface area contributed by atoms with Crippen LogP contribution in [0, 0.1) is 5.82 Å². The fraction of sp³-hybridized carbons (Fsp3) is 0.0667. The molecular weight excluding hydrogens is 281 g/mol. The van der Waals surface area contributed by atoms with Crippen molar-refractivity contribution in [3.63, 3.8) is 0 Å². The fourth-order valence-corrected chi connectivity index (χ4v) is 2.97. The van der Waals surface area contributed by atoms with Crippen LogP contribution in [0.3, 0.4) is 0 Å². The van der Waals surface area contributed by atoms with Crippen LogP contribution in [-0.4, -0.2) is 0 Å². The van der Waals surface area contributed by atoms with Gasteiger partial charge in [0.2, 0.25) is 0 Å². The minimum absolute atomic E-state index is 0.281. The molecule has 0 saturated carbocycles. The topological polar surface area (TPSA) is 12.0 Å². The SMILES string of the molecule is Fc1cccc(Cl)c1CNc1ccc2sccc2c1. The Morgan fingerprint density at radius 2 is 2.05 bits per heavy atom. The van der Waals surface area contributed by atoms with Crippen molar-refractivity contribution in [2.45, 2.75) is 6.54 Å². The highest BCUT2D eigenvalue weighted by Gasteiger charge is 2.06. The van der Waals surface area contributed by atoms with E-state index in [9.17, 15) is 4.39 Å². The first kappa shape index (κ1) is 12.5. The third kappa shape index (κ3) is 2.57. The van der Waals surface area contributed by atoms with Gasteiger partial charge in [0, 0.05) is 27.5 Å². The van der Waals surface area contributed by atoms with Crippen molar-refractivity contribution in [1.29, 1.82) is 0 Å². The van der Waals surface area contributed by atoms with E-state index < -0.39 is 0 Å². The first-order valence-corrected chi connectivity index (χ1v) is 7.14. The molecule has 3 rings (SSSR count). The molecule has 4 heteroatoms. The van der Waals surface area contributed by atoms with Gasteiger partial charge in [0.1, 0.15) is 5.82 Å². The molecule has 0 unspecified atom stereocenters. The Balaban J connectivity index is 1.82. The summed E-state index contributed by atoms with van der Waals surface area (Å²) in [5.74, 6) is -0.281. The van der Waals surface area contributed by atoms with Gasteiger partial charge in [-0.25, -0.2) is 4.39 Å². The molecule has 2 aromatic carbocycles. The second-order valence-corrected chi connectivity index (χ2v) is 5.58. The summed E-state index contributed by atoms with van der Waals surface area (Å²) in [6.45, 7) is 0.376. The van der Waals surface area contributed by atoms with Crippen molar-refractivity contribution in [2.24, 2.45) is 0 Å². The van der Waals surface area contributed by atoms with Crippen molar-refractivity contribution < 1.29 is 4.39 Å². The standard InChI is InChI=1S/C15H11ClFNS/c16-13-2-1-3-14(17)12(13)9-18-11-4-5-15-10(8-11)6-7-19-15/h1-8,18H,9H2. The van der Waals surface area contributed by atoms with Gasteiger partial charge in [0.05, 0.1) is 0 Å². The molecule has 19 heavy (non-hydrogen) atoms. The van der Waals surface area contributed by atoms with Crippen molar-refractivity contribution in [3.05, 3.63) is 64.2 Å². The Kier molecular flexibility index (Phi) is 3.40. The molecule has 1 heterocycles. The Morgan fingerprint density at radius 1 is 1.16 bits per heavy atom. The molecule has 3 aromatic rings. The maximum Gasteiger partial charge on any atom is 0.129 e. The van der Waals surface area contributed by atoms with E-state index in [0.717, 1.165) is 5.69 Å². The Hall–Kier alpha value is -1.58. The quantitative estimate of drug-likeness (QED) is 0.690. The first-order chi connectivity index (χ1) is 9.24. The monoisotopic (exact) mass is 291 g/mol. The van der Waals surface area contributed by atoms with Crippen LogP contribution < -0.4 is 5.32 Å². The second-order valence-electron chi connectivity index (χ2n) is 4.23. The Labute approximate surface area is 119 Å². The van der Waals surface area contributed by atoms with Crippen LogP contribution in [0.25, 0.3) is 10.1 Å². The van der Waals surface area contributed by atoms with E-state index in [-0.39, 0.29) is 5.82 Å². The summed E-state index contributed by atoms with van der Waals surface area (Å²) in [5.41, 5.74) is 1.46. The molecule has 0 fully saturated rings. The van der Waals surface area contributed by atoms with E-state index >= 15 is 0 Å². The van der Waals surface area contributed by atoms with E-state index in [4.69, 9.17) is 11.6 Å². The van der Waals surface area contributed by atoms with Crippen LogP contribution in [0.15, 0.2) is 47.8 Å². The van der Waals surface area contributed by atoms with E-state index in [1.54, 1.807) is 23.5 Å². The Morgan fingerprint density at radius 3 is 2.89 bits per heavy atom. The summed E-state index contributed by atoms with van der Waals surface area (Å²) in [6, 6.07) is 12.9. The maximum absolute atomic E-state index is 13.6. The van der Waals surface area contributed by atoms with Crippen LogP contribution in [0.2, 0.25) is 5.02 Å². The number of halogens is 2.